The molecule has 0 aliphatic carbocycles. The summed E-state index contributed by atoms with van der Waals surface area (Å²) < 4.78 is 6.28. The van der Waals surface area contributed by atoms with E-state index in [0.29, 0.717) is 17.1 Å². The molecular weight excluding hydrogens is 355 g/mol. The minimum absolute atomic E-state index is 0.146. The van der Waals surface area contributed by atoms with Crippen molar-refractivity contribution in [2.24, 2.45) is 0 Å². The van der Waals surface area contributed by atoms with Crippen molar-refractivity contribution >= 4 is 34.3 Å². The molecule has 0 radical (unpaired) electrons. The van der Waals surface area contributed by atoms with Gasteiger partial charge in [-0.25, -0.2) is 4.98 Å². The normalized spacial score (nSPS) is 10.1. The third-order valence-electron chi connectivity index (χ3n) is 2.69. The lowest BCUT2D eigenvalue weighted by atomic mass is 10.2. The molecule has 0 saturated heterocycles. The second-order valence-corrected chi connectivity index (χ2v) is 5.14. The molecule has 0 bridgehead atoms. The van der Waals surface area contributed by atoms with Crippen molar-refractivity contribution in [1.82, 2.24) is 4.98 Å². The Morgan fingerprint density at radius 1 is 1.32 bits per heavy atom. The number of hydrogen-bond acceptors (Lipinski definition) is 3. The molecule has 5 heteroatoms. The molecule has 4 nitrogen and oxygen atoms in total. The number of anilines is 1. The van der Waals surface area contributed by atoms with Crippen LogP contribution < -0.4 is 9.64 Å². The van der Waals surface area contributed by atoms with Crippen LogP contribution >= 0.6 is 22.6 Å². The number of methoxy groups -OCH3 is 1. The number of ether oxygens (including phenoxy) is 1. The van der Waals surface area contributed by atoms with Crippen LogP contribution in [0.25, 0.3) is 0 Å². The minimum atomic E-state index is -0.146. The number of aromatic nitrogens is 1. The first-order valence-corrected chi connectivity index (χ1v) is 6.74. The first kappa shape index (κ1) is 13.8. The highest BCUT2D eigenvalue weighted by molar-refractivity contribution is 14.1. The van der Waals surface area contributed by atoms with Gasteiger partial charge in [0.1, 0.15) is 11.6 Å². The third-order valence-corrected chi connectivity index (χ3v) is 3.36. The van der Waals surface area contributed by atoms with Crippen molar-refractivity contribution in [3.05, 3.63) is 51.7 Å². The smallest absolute Gasteiger partial charge is 0.262 e. The molecule has 0 N–H and O–H groups in total. The quantitative estimate of drug-likeness (QED) is 0.783. The van der Waals surface area contributed by atoms with Gasteiger partial charge in [0.05, 0.1) is 12.7 Å². The van der Waals surface area contributed by atoms with Gasteiger partial charge in [0.15, 0.2) is 0 Å². The zero-order valence-electron chi connectivity index (χ0n) is 10.6. The summed E-state index contributed by atoms with van der Waals surface area (Å²) >= 11 is 2.18. The summed E-state index contributed by atoms with van der Waals surface area (Å²) in [6, 6.07) is 10.9. The lowest BCUT2D eigenvalue weighted by Crippen LogP contribution is -2.27. The Bertz CT molecular complexity index is 587. The Labute approximate surface area is 125 Å². The molecule has 1 aromatic heterocycles. The molecule has 0 atom stereocenters. The predicted octanol–water partition coefficient (Wildman–Crippen LogP) is 2.97. The van der Waals surface area contributed by atoms with Gasteiger partial charge in [-0.05, 0) is 52.9 Å². The molecule has 1 heterocycles. The fraction of sp³-hybridized carbons (Fsp3) is 0.143. The van der Waals surface area contributed by atoms with E-state index in [0.717, 1.165) is 3.57 Å². The average molecular weight is 368 g/mol. The van der Waals surface area contributed by atoms with Gasteiger partial charge in [-0.3, -0.25) is 9.69 Å². The Hall–Kier alpha value is -1.63. The summed E-state index contributed by atoms with van der Waals surface area (Å²) in [5, 5.41) is 0. The number of rotatable bonds is 3. The van der Waals surface area contributed by atoms with Gasteiger partial charge in [-0.15, -0.1) is 0 Å². The summed E-state index contributed by atoms with van der Waals surface area (Å²) in [5.41, 5.74) is 0.524. The maximum atomic E-state index is 12.4. The van der Waals surface area contributed by atoms with Crippen LogP contribution in [-0.4, -0.2) is 25.0 Å². The molecule has 1 amide bonds. The molecule has 0 aliphatic heterocycles. The molecule has 0 aliphatic rings. The minimum Gasteiger partial charge on any atom is -0.496 e. The number of carbonyl (C=O) groups is 1. The zero-order chi connectivity index (χ0) is 13.8. The van der Waals surface area contributed by atoms with Crippen LogP contribution in [0.5, 0.6) is 5.75 Å². The number of hydrogen-bond donors (Lipinski definition) is 0. The van der Waals surface area contributed by atoms with Crippen molar-refractivity contribution in [3.8, 4) is 5.75 Å². The maximum absolute atomic E-state index is 12.4. The number of pyridine rings is 1. The third kappa shape index (κ3) is 3.04. The fourth-order valence-corrected chi connectivity index (χ4v) is 2.14. The first-order chi connectivity index (χ1) is 9.13. The number of carbonyl (C=O) groups excluding carboxylic acids is 1. The monoisotopic (exact) mass is 368 g/mol. The van der Waals surface area contributed by atoms with Gasteiger partial charge in [-0.1, -0.05) is 6.07 Å². The molecule has 1 aromatic carbocycles. The lowest BCUT2D eigenvalue weighted by molar-refractivity contribution is 0.0989. The van der Waals surface area contributed by atoms with E-state index in [1.807, 2.05) is 24.3 Å². The SMILES string of the molecule is COc1cc(I)ccc1C(=O)N(C)c1ccccn1. The van der Waals surface area contributed by atoms with E-state index in [4.69, 9.17) is 4.74 Å². The molecule has 0 fully saturated rings. The van der Waals surface area contributed by atoms with E-state index in [9.17, 15) is 4.79 Å². The van der Waals surface area contributed by atoms with E-state index >= 15 is 0 Å². The highest BCUT2D eigenvalue weighted by atomic mass is 127. The van der Waals surface area contributed by atoms with Crippen LogP contribution in [0.1, 0.15) is 10.4 Å². The second-order valence-electron chi connectivity index (χ2n) is 3.90. The summed E-state index contributed by atoms with van der Waals surface area (Å²) in [6.45, 7) is 0. The molecule has 0 unspecified atom stereocenters. The molecule has 0 spiro atoms. The number of halogens is 1. The summed E-state index contributed by atoms with van der Waals surface area (Å²) in [6.07, 6.45) is 1.66. The van der Waals surface area contributed by atoms with Crippen molar-refractivity contribution < 1.29 is 9.53 Å². The second kappa shape index (κ2) is 6.01. The Morgan fingerprint density at radius 3 is 2.74 bits per heavy atom. The van der Waals surface area contributed by atoms with Crippen molar-refractivity contribution in [2.45, 2.75) is 0 Å². The van der Waals surface area contributed by atoms with Crippen LogP contribution in [0.3, 0.4) is 0 Å². The molecule has 98 valence electrons. The topological polar surface area (TPSA) is 42.4 Å². The summed E-state index contributed by atoms with van der Waals surface area (Å²) in [4.78, 5) is 18.1. The van der Waals surface area contributed by atoms with E-state index < -0.39 is 0 Å². The van der Waals surface area contributed by atoms with Crippen LogP contribution in [0.15, 0.2) is 42.6 Å². The summed E-state index contributed by atoms with van der Waals surface area (Å²) in [5.74, 6) is 1.03. The van der Waals surface area contributed by atoms with Crippen LogP contribution in [0.2, 0.25) is 0 Å². The molecule has 19 heavy (non-hydrogen) atoms. The van der Waals surface area contributed by atoms with Gasteiger partial charge in [-0.2, -0.15) is 0 Å². The average Bonchev–Trinajstić information content (AvgIpc) is 2.46. The van der Waals surface area contributed by atoms with E-state index in [1.54, 1.807) is 32.5 Å². The van der Waals surface area contributed by atoms with Gasteiger partial charge >= 0.3 is 0 Å². The Kier molecular flexibility index (Phi) is 4.36. The number of benzene rings is 1. The van der Waals surface area contributed by atoms with Crippen LogP contribution in [0, 0.1) is 3.57 Å². The van der Waals surface area contributed by atoms with Gasteiger partial charge in [0, 0.05) is 16.8 Å². The zero-order valence-corrected chi connectivity index (χ0v) is 12.8. The number of amides is 1. The Morgan fingerprint density at radius 2 is 2.11 bits per heavy atom. The van der Waals surface area contributed by atoms with E-state index in [2.05, 4.69) is 27.6 Å². The maximum Gasteiger partial charge on any atom is 0.262 e. The highest BCUT2D eigenvalue weighted by Crippen LogP contribution is 2.23. The molecular formula is C14H13IN2O2. The van der Waals surface area contributed by atoms with Gasteiger partial charge in [0.25, 0.3) is 5.91 Å². The predicted molar refractivity (Wildman–Crippen MR) is 82.7 cm³/mol. The standard InChI is InChI=1S/C14H13IN2O2/c1-17(13-5-3-4-8-16-13)14(18)11-7-6-10(15)9-12(11)19-2/h3-9H,1-2H3. The van der Waals surface area contributed by atoms with Crippen molar-refractivity contribution in [3.63, 3.8) is 0 Å². The van der Waals surface area contributed by atoms with Gasteiger partial charge in [0.2, 0.25) is 0 Å². The van der Waals surface area contributed by atoms with Crippen molar-refractivity contribution in [2.75, 3.05) is 19.1 Å². The molecule has 0 saturated carbocycles. The first-order valence-electron chi connectivity index (χ1n) is 5.66. The highest BCUT2D eigenvalue weighted by Gasteiger charge is 2.18. The number of nitrogens with zero attached hydrogens (tertiary/aromatic N) is 2. The molecule has 2 rings (SSSR count). The van der Waals surface area contributed by atoms with E-state index in [-0.39, 0.29) is 5.91 Å². The lowest BCUT2D eigenvalue weighted by Gasteiger charge is -2.17. The van der Waals surface area contributed by atoms with Crippen LogP contribution in [-0.2, 0) is 0 Å². The van der Waals surface area contributed by atoms with E-state index in [1.165, 1.54) is 4.90 Å². The van der Waals surface area contributed by atoms with Crippen molar-refractivity contribution in [1.29, 1.82) is 0 Å². The fourth-order valence-electron chi connectivity index (χ4n) is 1.68. The Balaban J connectivity index is 2.34. The molecule has 2 aromatic rings. The summed E-state index contributed by atoms with van der Waals surface area (Å²) in [7, 11) is 3.25. The van der Waals surface area contributed by atoms with Crippen LogP contribution in [0.4, 0.5) is 5.82 Å². The largest absolute Gasteiger partial charge is 0.496 e. The van der Waals surface area contributed by atoms with Gasteiger partial charge < -0.3 is 4.74 Å².